The molecule has 0 saturated heterocycles. The highest BCUT2D eigenvalue weighted by molar-refractivity contribution is 6.31. The highest BCUT2D eigenvalue weighted by Gasteiger charge is 2.23. The fraction of sp³-hybridized carbons (Fsp3) is 0.800. The molecule has 1 rings (SSSR count). The van der Waals surface area contributed by atoms with Gasteiger partial charge in [0.05, 0.1) is 16.4 Å². The number of hydrogen-bond acceptors (Lipinski definition) is 2. The van der Waals surface area contributed by atoms with Crippen molar-refractivity contribution >= 4 is 11.6 Å². The van der Waals surface area contributed by atoms with E-state index in [2.05, 4.69) is 45.0 Å². The summed E-state index contributed by atoms with van der Waals surface area (Å²) in [4.78, 5) is 0. The number of halogens is 1. The third kappa shape index (κ3) is 3.96. The minimum absolute atomic E-state index is 0.447. The van der Waals surface area contributed by atoms with Gasteiger partial charge >= 0.3 is 0 Å². The minimum atomic E-state index is 0.447. The predicted octanol–water partition coefficient (Wildman–Crippen LogP) is 3.45. The van der Waals surface area contributed by atoms with Gasteiger partial charge in [0, 0.05) is 19.5 Å². The Morgan fingerprint density at radius 2 is 1.89 bits per heavy atom. The number of nitrogens with one attached hydrogen (secondary N) is 1. The van der Waals surface area contributed by atoms with Gasteiger partial charge in [-0.25, -0.2) is 0 Å². The van der Waals surface area contributed by atoms with Gasteiger partial charge in [-0.3, -0.25) is 4.68 Å². The summed E-state index contributed by atoms with van der Waals surface area (Å²) in [6, 6.07) is 0.447. The first kappa shape index (κ1) is 16.5. The van der Waals surface area contributed by atoms with Crippen LogP contribution in [0.3, 0.4) is 0 Å². The van der Waals surface area contributed by atoms with Gasteiger partial charge in [-0.15, -0.1) is 0 Å². The maximum atomic E-state index is 6.45. The summed E-state index contributed by atoms with van der Waals surface area (Å²) < 4.78 is 1.94. The second-order valence-electron chi connectivity index (χ2n) is 5.66. The lowest BCUT2D eigenvalue weighted by atomic mass is 9.87. The Morgan fingerprint density at radius 1 is 1.26 bits per heavy atom. The van der Waals surface area contributed by atoms with Crippen molar-refractivity contribution in [3.05, 3.63) is 16.4 Å². The zero-order chi connectivity index (χ0) is 14.6. The highest BCUT2D eigenvalue weighted by atomic mass is 35.5. The highest BCUT2D eigenvalue weighted by Crippen LogP contribution is 2.25. The van der Waals surface area contributed by atoms with E-state index in [-0.39, 0.29) is 0 Å². The standard InChI is InChI=1S/C15H28ClN3/c1-7-12-15(16)14(19(6)18-12)9-13(17-8-2)11(5)10(3)4/h10-11,13,17H,7-9H2,1-6H3. The van der Waals surface area contributed by atoms with E-state index in [1.165, 1.54) is 0 Å². The zero-order valence-electron chi connectivity index (χ0n) is 13.1. The average Bonchev–Trinajstić information content (AvgIpc) is 2.64. The van der Waals surface area contributed by atoms with Crippen LogP contribution in [0.1, 0.15) is 46.0 Å². The molecule has 19 heavy (non-hydrogen) atoms. The van der Waals surface area contributed by atoms with E-state index in [9.17, 15) is 0 Å². The maximum Gasteiger partial charge on any atom is 0.0850 e. The molecule has 1 heterocycles. The van der Waals surface area contributed by atoms with Crippen molar-refractivity contribution in [2.24, 2.45) is 18.9 Å². The van der Waals surface area contributed by atoms with Gasteiger partial charge in [0.1, 0.15) is 0 Å². The summed E-state index contributed by atoms with van der Waals surface area (Å²) in [5.74, 6) is 1.26. The molecule has 1 N–H and O–H groups in total. The molecule has 0 aromatic carbocycles. The van der Waals surface area contributed by atoms with Crippen LogP contribution in [-0.2, 0) is 19.9 Å². The van der Waals surface area contributed by atoms with Crippen LogP contribution in [0.4, 0.5) is 0 Å². The lowest BCUT2D eigenvalue weighted by Crippen LogP contribution is -2.39. The molecule has 0 bridgehead atoms. The molecule has 110 valence electrons. The number of likely N-dealkylation sites (N-methyl/N-ethyl adjacent to an activating group) is 1. The molecule has 1 aromatic rings. The van der Waals surface area contributed by atoms with Crippen molar-refractivity contribution in [3.8, 4) is 0 Å². The molecule has 0 saturated carbocycles. The van der Waals surface area contributed by atoms with Crippen molar-refractivity contribution < 1.29 is 0 Å². The Balaban J connectivity index is 2.93. The van der Waals surface area contributed by atoms with Crippen molar-refractivity contribution in [2.45, 2.75) is 53.5 Å². The average molecular weight is 286 g/mol. The molecule has 0 radical (unpaired) electrons. The van der Waals surface area contributed by atoms with Crippen molar-refractivity contribution in [1.29, 1.82) is 0 Å². The molecular weight excluding hydrogens is 258 g/mol. The van der Waals surface area contributed by atoms with Crippen LogP contribution >= 0.6 is 11.6 Å². The van der Waals surface area contributed by atoms with Crippen LogP contribution in [0.5, 0.6) is 0 Å². The zero-order valence-corrected chi connectivity index (χ0v) is 13.9. The van der Waals surface area contributed by atoms with E-state index in [1.807, 2.05) is 11.7 Å². The predicted molar refractivity (Wildman–Crippen MR) is 82.8 cm³/mol. The van der Waals surface area contributed by atoms with E-state index >= 15 is 0 Å². The van der Waals surface area contributed by atoms with Crippen LogP contribution in [-0.4, -0.2) is 22.4 Å². The van der Waals surface area contributed by atoms with Gasteiger partial charge in [0.2, 0.25) is 0 Å². The Labute approximate surface area is 122 Å². The maximum absolute atomic E-state index is 6.45. The summed E-state index contributed by atoms with van der Waals surface area (Å²) in [5.41, 5.74) is 2.16. The van der Waals surface area contributed by atoms with Gasteiger partial charge in [-0.1, -0.05) is 46.2 Å². The topological polar surface area (TPSA) is 29.9 Å². The lowest BCUT2D eigenvalue weighted by molar-refractivity contribution is 0.297. The van der Waals surface area contributed by atoms with E-state index in [1.54, 1.807) is 0 Å². The lowest BCUT2D eigenvalue weighted by Gasteiger charge is -2.28. The quantitative estimate of drug-likeness (QED) is 0.832. The molecule has 3 nitrogen and oxygen atoms in total. The fourth-order valence-electron chi connectivity index (χ4n) is 2.42. The molecule has 4 heteroatoms. The Hall–Kier alpha value is -0.540. The molecule has 0 amide bonds. The Bertz CT molecular complexity index is 398. The monoisotopic (exact) mass is 285 g/mol. The minimum Gasteiger partial charge on any atom is -0.314 e. The first-order chi connectivity index (χ1) is 8.92. The van der Waals surface area contributed by atoms with E-state index < -0.39 is 0 Å². The number of aromatic nitrogens is 2. The summed E-state index contributed by atoms with van der Waals surface area (Å²) in [6.45, 7) is 12.1. The van der Waals surface area contributed by atoms with Gasteiger partial charge in [-0.05, 0) is 24.8 Å². The molecule has 0 aliphatic carbocycles. The van der Waals surface area contributed by atoms with E-state index in [0.717, 1.165) is 35.8 Å². The van der Waals surface area contributed by atoms with E-state index in [4.69, 9.17) is 11.6 Å². The van der Waals surface area contributed by atoms with Crippen LogP contribution in [0.15, 0.2) is 0 Å². The van der Waals surface area contributed by atoms with Gasteiger partial charge in [0.15, 0.2) is 0 Å². The smallest absolute Gasteiger partial charge is 0.0850 e. The Morgan fingerprint density at radius 3 is 2.32 bits per heavy atom. The summed E-state index contributed by atoms with van der Waals surface area (Å²) in [7, 11) is 1.99. The van der Waals surface area contributed by atoms with Gasteiger partial charge in [0.25, 0.3) is 0 Å². The first-order valence-corrected chi connectivity index (χ1v) is 7.73. The molecule has 0 aliphatic heterocycles. The summed E-state index contributed by atoms with van der Waals surface area (Å²) >= 11 is 6.45. The van der Waals surface area contributed by atoms with Crippen molar-refractivity contribution in [2.75, 3.05) is 6.54 Å². The fourth-order valence-corrected chi connectivity index (χ4v) is 2.79. The second kappa shape index (κ2) is 7.30. The van der Waals surface area contributed by atoms with E-state index in [0.29, 0.717) is 17.9 Å². The Kier molecular flexibility index (Phi) is 6.34. The van der Waals surface area contributed by atoms with Gasteiger partial charge < -0.3 is 5.32 Å². The molecule has 0 aliphatic rings. The summed E-state index contributed by atoms with van der Waals surface area (Å²) in [6.07, 6.45) is 1.83. The second-order valence-corrected chi connectivity index (χ2v) is 6.03. The molecule has 2 atom stereocenters. The number of aryl methyl sites for hydroxylation is 2. The number of nitrogens with zero attached hydrogens (tertiary/aromatic N) is 2. The molecule has 0 spiro atoms. The van der Waals surface area contributed by atoms with Crippen LogP contribution in [0.2, 0.25) is 5.02 Å². The van der Waals surface area contributed by atoms with Crippen molar-refractivity contribution in [3.63, 3.8) is 0 Å². The largest absolute Gasteiger partial charge is 0.314 e. The molecular formula is C15H28ClN3. The summed E-state index contributed by atoms with van der Waals surface area (Å²) in [5, 5.41) is 8.95. The third-order valence-corrected chi connectivity index (χ3v) is 4.51. The number of hydrogen-bond donors (Lipinski definition) is 1. The SMILES string of the molecule is CCNC(Cc1c(Cl)c(CC)nn1C)C(C)C(C)C. The normalized spacial score (nSPS) is 14.9. The number of rotatable bonds is 7. The third-order valence-electron chi connectivity index (χ3n) is 4.07. The van der Waals surface area contributed by atoms with Crippen LogP contribution in [0, 0.1) is 11.8 Å². The van der Waals surface area contributed by atoms with Crippen LogP contribution < -0.4 is 5.32 Å². The van der Waals surface area contributed by atoms with Crippen molar-refractivity contribution in [1.82, 2.24) is 15.1 Å². The first-order valence-electron chi connectivity index (χ1n) is 7.35. The van der Waals surface area contributed by atoms with Crippen LogP contribution in [0.25, 0.3) is 0 Å². The molecule has 0 fully saturated rings. The molecule has 1 aromatic heterocycles. The molecule has 2 unspecified atom stereocenters. The van der Waals surface area contributed by atoms with Gasteiger partial charge in [-0.2, -0.15) is 5.10 Å².